The van der Waals surface area contributed by atoms with Crippen LogP contribution < -0.4 is 4.74 Å². The van der Waals surface area contributed by atoms with Crippen LogP contribution in [0.25, 0.3) is 11.3 Å². The van der Waals surface area contributed by atoms with Gasteiger partial charge in [0.15, 0.2) is 0 Å². The van der Waals surface area contributed by atoms with Gasteiger partial charge in [-0.1, -0.05) is 22.0 Å². The summed E-state index contributed by atoms with van der Waals surface area (Å²) in [6, 6.07) is 5.76. The summed E-state index contributed by atoms with van der Waals surface area (Å²) >= 11 is 3.48. The van der Waals surface area contributed by atoms with Crippen molar-refractivity contribution in [3.63, 3.8) is 0 Å². The normalized spacial score (nSPS) is 11.1. The molecule has 0 saturated carbocycles. The first-order valence-electron chi connectivity index (χ1n) is 8.70. The van der Waals surface area contributed by atoms with E-state index in [1.807, 2.05) is 39.0 Å². The summed E-state index contributed by atoms with van der Waals surface area (Å²) in [7, 11) is 1.63. The van der Waals surface area contributed by atoms with E-state index in [0.717, 1.165) is 21.5 Å². The lowest BCUT2D eigenvalue weighted by atomic mass is 10.1. The number of benzene rings is 1. The second-order valence-corrected chi connectivity index (χ2v) is 7.98. The molecule has 0 fully saturated rings. The maximum atomic E-state index is 12.5. The number of hydrogen-bond donors (Lipinski definition) is 1. The van der Waals surface area contributed by atoms with Gasteiger partial charge in [0.25, 0.3) is 0 Å². The Morgan fingerprint density at radius 3 is 2.78 bits per heavy atom. The van der Waals surface area contributed by atoms with Crippen LogP contribution in [0.15, 0.2) is 41.5 Å². The van der Waals surface area contributed by atoms with Crippen molar-refractivity contribution >= 4 is 22.0 Å². The zero-order valence-corrected chi connectivity index (χ0v) is 17.8. The van der Waals surface area contributed by atoms with Crippen molar-refractivity contribution in [2.45, 2.75) is 39.3 Å². The number of methoxy groups -OCH3 is 1. The van der Waals surface area contributed by atoms with Crippen LogP contribution in [0.4, 0.5) is 4.79 Å². The van der Waals surface area contributed by atoms with Crippen molar-refractivity contribution in [3.8, 4) is 17.0 Å². The topological polar surface area (TPSA) is 67.5 Å². The van der Waals surface area contributed by atoms with Crippen LogP contribution in [0.1, 0.15) is 33.0 Å². The predicted molar refractivity (Wildman–Crippen MR) is 110 cm³/mol. The average molecular weight is 436 g/mol. The molecular formula is C20H26BrN3O3. The highest BCUT2D eigenvalue weighted by Gasteiger charge is 2.23. The second kappa shape index (κ2) is 9.08. The standard InChI is InChI=1S/C20H26BrN3O3/c1-6-7-10-24(19(25)27-20(2,3)4)13-18-22-12-16(23-18)15-11-14(21)8-9-17(15)26-5/h6,8-9,11-12H,1,7,10,13H2,2-5H3,(H,22,23). The molecule has 0 atom stereocenters. The second-order valence-electron chi connectivity index (χ2n) is 7.07. The number of imidazole rings is 1. The van der Waals surface area contributed by atoms with Crippen molar-refractivity contribution in [3.05, 3.63) is 47.3 Å². The lowest BCUT2D eigenvalue weighted by Gasteiger charge is -2.26. The van der Waals surface area contributed by atoms with E-state index in [0.29, 0.717) is 25.3 Å². The number of ether oxygens (including phenoxy) is 2. The molecule has 0 aliphatic rings. The molecule has 1 heterocycles. The Labute approximate surface area is 168 Å². The number of hydrogen-bond acceptors (Lipinski definition) is 4. The highest BCUT2D eigenvalue weighted by atomic mass is 79.9. The van der Waals surface area contributed by atoms with E-state index < -0.39 is 5.60 Å². The molecule has 0 aliphatic carbocycles. The molecule has 2 rings (SSSR count). The third kappa shape index (κ3) is 6.13. The summed E-state index contributed by atoms with van der Waals surface area (Å²) in [6.07, 6.45) is 3.81. The molecule has 7 heteroatoms. The summed E-state index contributed by atoms with van der Waals surface area (Å²) in [6.45, 7) is 10.1. The third-order valence-corrected chi connectivity index (χ3v) is 4.17. The van der Waals surface area contributed by atoms with Gasteiger partial charge in [-0.15, -0.1) is 6.58 Å². The number of carbonyl (C=O) groups is 1. The fourth-order valence-corrected chi connectivity index (χ4v) is 2.82. The van der Waals surface area contributed by atoms with Gasteiger partial charge in [-0.05, 0) is 45.4 Å². The van der Waals surface area contributed by atoms with E-state index in [2.05, 4.69) is 32.5 Å². The zero-order valence-electron chi connectivity index (χ0n) is 16.2. The molecule has 1 aromatic heterocycles. The Bertz CT molecular complexity index is 796. The maximum absolute atomic E-state index is 12.5. The van der Waals surface area contributed by atoms with E-state index in [-0.39, 0.29) is 6.09 Å². The molecule has 146 valence electrons. The van der Waals surface area contributed by atoms with Gasteiger partial charge in [-0.25, -0.2) is 9.78 Å². The first kappa shape index (κ1) is 21.0. The smallest absolute Gasteiger partial charge is 0.410 e. The van der Waals surface area contributed by atoms with Crippen LogP contribution in [0.3, 0.4) is 0 Å². The number of aromatic nitrogens is 2. The van der Waals surface area contributed by atoms with E-state index in [9.17, 15) is 4.79 Å². The number of amides is 1. The summed E-state index contributed by atoms with van der Waals surface area (Å²) in [4.78, 5) is 21.8. The van der Waals surface area contributed by atoms with Gasteiger partial charge in [0.2, 0.25) is 0 Å². The molecule has 0 radical (unpaired) electrons. The third-order valence-electron chi connectivity index (χ3n) is 3.68. The van der Waals surface area contributed by atoms with Crippen LogP contribution in [-0.4, -0.2) is 40.2 Å². The van der Waals surface area contributed by atoms with Crippen molar-refractivity contribution in [2.75, 3.05) is 13.7 Å². The SMILES string of the molecule is C=CCCN(Cc1ncc(-c2cc(Br)ccc2OC)[nH]1)C(=O)OC(C)(C)C. The molecule has 0 unspecified atom stereocenters. The van der Waals surface area contributed by atoms with Crippen molar-refractivity contribution < 1.29 is 14.3 Å². The van der Waals surface area contributed by atoms with Crippen LogP contribution in [-0.2, 0) is 11.3 Å². The summed E-state index contributed by atoms with van der Waals surface area (Å²) in [5.74, 6) is 1.41. The quantitative estimate of drug-likeness (QED) is 0.609. The molecule has 0 saturated heterocycles. The number of nitrogens with one attached hydrogen (secondary N) is 1. The minimum Gasteiger partial charge on any atom is -0.496 e. The summed E-state index contributed by atoms with van der Waals surface area (Å²) in [5, 5.41) is 0. The van der Waals surface area contributed by atoms with Crippen LogP contribution >= 0.6 is 15.9 Å². The van der Waals surface area contributed by atoms with Crippen LogP contribution in [0.5, 0.6) is 5.75 Å². The van der Waals surface area contributed by atoms with Crippen LogP contribution in [0, 0.1) is 0 Å². The fourth-order valence-electron chi connectivity index (χ4n) is 2.46. The molecule has 1 N–H and O–H groups in total. The largest absolute Gasteiger partial charge is 0.496 e. The monoisotopic (exact) mass is 435 g/mol. The van der Waals surface area contributed by atoms with Crippen LogP contribution in [0.2, 0.25) is 0 Å². The Hall–Kier alpha value is -2.28. The van der Waals surface area contributed by atoms with Crippen molar-refractivity contribution in [1.29, 1.82) is 0 Å². The molecule has 0 spiro atoms. The molecule has 27 heavy (non-hydrogen) atoms. The number of carbonyl (C=O) groups excluding carboxylic acids is 1. The number of nitrogens with zero attached hydrogens (tertiary/aromatic N) is 2. The van der Waals surface area contributed by atoms with Gasteiger partial charge in [-0.3, -0.25) is 0 Å². The summed E-state index contributed by atoms with van der Waals surface area (Å²) < 4.78 is 11.9. The highest BCUT2D eigenvalue weighted by Crippen LogP contribution is 2.31. The molecule has 0 aliphatic heterocycles. The minimum atomic E-state index is -0.554. The molecule has 0 bridgehead atoms. The van der Waals surface area contributed by atoms with Gasteiger partial charge < -0.3 is 19.4 Å². The van der Waals surface area contributed by atoms with E-state index in [1.165, 1.54) is 0 Å². The summed E-state index contributed by atoms with van der Waals surface area (Å²) in [5.41, 5.74) is 1.15. The van der Waals surface area contributed by atoms with Gasteiger partial charge in [0.1, 0.15) is 17.2 Å². The molecule has 1 amide bonds. The van der Waals surface area contributed by atoms with Crippen molar-refractivity contribution in [1.82, 2.24) is 14.9 Å². The van der Waals surface area contributed by atoms with E-state index in [1.54, 1.807) is 24.3 Å². The zero-order chi connectivity index (χ0) is 20.0. The van der Waals surface area contributed by atoms with E-state index >= 15 is 0 Å². The van der Waals surface area contributed by atoms with Gasteiger partial charge >= 0.3 is 6.09 Å². The molecule has 1 aromatic carbocycles. The molecule has 2 aromatic rings. The highest BCUT2D eigenvalue weighted by molar-refractivity contribution is 9.10. The number of H-pyrrole nitrogens is 1. The van der Waals surface area contributed by atoms with Gasteiger partial charge in [0, 0.05) is 16.6 Å². The average Bonchev–Trinajstić information content (AvgIpc) is 3.05. The minimum absolute atomic E-state index is 0.319. The first-order valence-corrected chi connectivity index (χ1v) is 9.49. The van der Waals surface area contributed by atoms with Gasteiger partial charge in [0.05, 0.1) is 25.5 Å². The lowest BCUT2D eigenvalue weighted by Crippen LogP contribution is -2.37. The lowest BCUT2D eigenvalue weighted by molar-refractivity contribution is 0.0232. The van der Waals surface area contributed by atoms with E-state index in [4.69, 9.17) is 9.47 Å². The number of halogens is 1. The number of aromatic amines is 1. The Morgan fingerprint density at radius 1 is 1.41 bits per heavy atom. The fraction of sp³-hybridized carbons (Fsp3) is 0.400. The predicted octanol–water partition coefficient (Wildman–Crippen LogP) is 5.16. The van der Waals surface area contributed by atoms with Crippen molar-refractivity contribution in [2.24, 2.45) is 0 Å². The first-order chi connectivity index (χ1) is 12.7. The van der Waals surface area contributed by atoms with Gasteiger partial charge in [-0.2, -0.15) is 0 Å². The number of rotatable bonds is 7. The Balaban J connectivity index is 2.21. The Morgan fingerprint density at radius 2 is 2.15 bits per heavy atom. The molecular weight excluding hydrogens is 410 g/mol. The maximum Gasteiger partial charge on any atom is 0.410 e. The molecule has 6 nitrogen and oxygen atoms in total. The Kier molecular flexibility index (Phi) is 7.07.